The number of esters is 1. The van der Waals surface area contributed by atoms with Gasteiger partial charge in [-0.1, -0.05) is 62.1 Å². The van der Waals surface area contributed by atoms with Crippen molar-refractivity contribution >= 4 is 14.0 Å². The Morgan fingerprint density at radius 3 is 2.50 bits per heavy atom. The summed E-state index contributed by atoms with van der Waals surface area (Å²) >= 11 is 0. The van der Waals surface area contributed by atoms with Gasteiger partial charge in [-0.3, -0.25) is 0 Å². The minimum Gasteiger partial charge on any atom is -0.453 e. The second-order valence-electron chi connectivity index (χ2n) is 10.8. The molecule has 0 amide bonds. The number of hydrogen-bond acceptors (Lipinski definition) is 6. The fourth-order valence-electron chi connectivity index (χ4n) is 5.09. The number of hydrogen-bond donors (Lipinski definition) is 1. The zero-order valence-electron chi connectivity index (χ0n) is 20.5. The standard InChI is InChI=1S/C27H38O6Si/c1-5-12-21-23(31-26(29)19-13-8-6-9-14-19)25-24(32-27(33-25)16-10-7-11-17-27)22(30-21)20(28)15-18-34(2,3)4/h5-6,8-9,13-15,18,20-25,28H,1,7,10-12,16-17H2,2-4H3/b18-15+/t20?,21-,22-,23?,24?,25?/m0/s1. The molecule has 1 N–H and O–H groups in total. The topological polar surface area (TPSA) is 74.2 Å². The Balaban J connectivity index is 1.63. The van der Waals surface area contributed by atoms with Crippen molar-refractivity contribution in [1.82, 2.24) is 0 Å². The molecule has 3 aliphatic rings. The lowest BCUT2D eigenvalue weighted by molar-refractivity contribution is -0.207. The Bertz CT molecular complexity index is 873. The van der Waals surface area contributed by atoms with Crippen LogP contribution in [0.25, 0.3) is 0 Å². The van der Waals surface area contributed by atoms with Crippen LogP contribution in [0.5, 0.6) is 0 Å². The van der Waals surface area contributed by atoms with Crippen molar-refractivity contribution in [3.8, 4) is 0 Å². The van der Waals surface area contributed by atoms with E-state index < -0.39 is 56.5 Å². The molecule has 0 aromatic heterocycles. The van der Waals surface area contributed by atoms with Gasteiger partial charge in [-0.25, -0.2) is 4.79 Å². The maximum atomic E-state index is 13.0. The van der Waals surface area contributed by atoms with Crippen molar-refractivity contribution in [2.75, 3.05) is 0 Å². The zero-order chi connectivity index (χ0) is 24.3. The molecule has 4 rings (SSSR count). The highest BCUT2D eigenvalue weighted by Crippen LogP contribution is 2.46. The Labute approximate surface area is 203 Å². The smallest absolute Gasteiger partial charge is 0.338 e. The fourth-order valence-corrected chi connectivity index (χ4v) is 5.87. The van der Waals surface area contributed by atoms with Crippen LogP contribution < -0.4 is 0 Å². The van der Waals surface area contributed by atoms with E-state index in [9.17, 15) is 9.90 Å². The summed E-state index contributed by atoms with van der Waals surface area (Å²) in [5.41, 5.74) is 2.59. The molecule has 1 aromatic carbocycles. The van der Waals surface area contributed by atoms with Gasteiger partial charge < -0.3 is 24.1 Å². The Hall–Kier alpha value is -1.77. The summed E-state index contributed by atoms with van der Waals surface area (Å²) < 4.78 is 25.6. The van der Waals surface area contributed by atoms with Gasteiger partial charge in [-0.2, -0.15) is 0 Å². The van der Waals surface area contributed by atoms with E-state index in [-0.39, 0.29) is 0 Å². The molecule has 1 aromatic rings. The summed E-state index contributed by atoms with van der Waals surface area (Å²) in [5, 5.41) is 11.1. The third-order valence-electron chi connectivity index (χ3n) is 6.77. The van der Waals surface area contributed by atoms with Crippen LogP contribution in [0, 0.1) is 0 Å². The number of fused-ring (bicyclic) bond motifs is 1. The quantitative estimate of drug-likeness (QED) is 0.339. The van der Waals surface area contributed by atoms with Crippen molar-refractivity contribution < 1.29 is 28.8 Å². The Morgan fingerprint density at radius 2 is 1.85 bits per heavy atom. The minimum atomic E-state index is -1.51. The van der Waals surface area contributed by atoms with Gasteiger partial charge in [-0.15, -0.1) is 6.58 Å². The summed E-state index contributed by atoms with van der Waals surface area (Å²) in [6.07, 6.45) is 5.15. The average molecular weight is 487 g/mol. The number of carbonyl (C=O) groups is 1. The van der Waals surface area contributed by atoms with Gasteiger partial charge in [0.2, 0.25) is 0 Å². The van der Waals surface area contributed by atoms with Gasteiger partial charge >= 0.3 is 5.97 Å². The SMILES string of the molecule is C=CC[C@@H]1O[C@@H](C(O)/C=C/[Si](C)(C)C)C2OC3(CCCCC3)OC2C1OC(=O)c1ccccc1. The van der Waals surface area contributed by atoms with E-state index >= 15 is 0 Å². The molecule has 1 aliphatic carbocycles. The Morgan fingerprint density at radius 1 is 1.18 bits per heavy atom. The predicted molar refractivity (Wildman–Crippen MR) is 133 cm³/mol. The van der Waals surface area contributed by atoms with Gasteiger partial charge in [0.25, 0.3) is 0 Å². The first-order chi connectivity index (χ1) is 16.2. The molecule has 1 saturated carbocycles. The predicted octanol–water partition coefficient (Wildman–Crippen LogP) is 4.79. The lowest BCUT2D eigenvalue weighted by Crippen LogP contribution is -2.60. The van der Waals surface area contributed by atoms with Crippen LogP contribution in [0.2, 0.25) is 19.6 Å². The second-order valence-corrected chi connectivity index (χ2v) is 15.8. The van der Waals surface area contributed by atoms with E-state index in [2.05, 4.69) is 31.9 Å². The lowest BCUT2D eigenvalue weighted by atomic mass is 9.90. The van der Waals surface area contributed by atoms with Crippen LogP contribution >= 0.6 is 0 Å². The summed E-state index contributed by atoms with van der Waals surface area (Å²) in [5.74, 6) is -1.13. The Kier molecular flexibility index (Phi) is 7.79. The first kappa shape index (κ1) is 25.3. The molecule has 3 fully saturated rings. The number of aliphatic hydroxyl groups is 1. The van der Waals surface area contributed by atoms with Crippen LogP contribution in [0.15, 0.2) is 54.8 Å². The minimum absolute atomic E-state index is 0.423. The fraction of sp³-hybridized carbons (Fsp3) is 0.593. The molecule has 1 spiro atoms. The number of carbonyl (C=O) groups excluding carboxylic acids is 1. The van der Waals surface area contributed by atoms with Crippen molar-refractivity contribution in [2.45, 2.75) is 101 Å². The highest BCUT2D eigenvalue weighted by molar-refractivity contribution is 6.80. The summed E-state index contributed by atoms with van der Waals surface area (Å²) in [7, 11) is -1.51. The molecule has 2 heterocycles. The summed E-state index contributed by atoms with van der Waals surface area (Å²) in [4.78, 5) is 13.0. The molecule has 4 unspecified atom stereocenters. The van der Waals surface area contributed by atoms with Crippen molar-refractivity contribution in [1.29, 1.82) is 0 Å². The van der Waals surface area contributed by atoms with E-state index in [0.717, 1.165) is 32.1 Å². The molecule has 0 radical (unpaired) electrons. The van der Waals surface area contributed by atoms with E-state index in [4.69, 9.17) is 18.9 Å². The molecule has 186 valence electrons. The van der Waals surface area contributed by atoms with E-state index in [1.54, 1.807) is 30.3 Å². The second kappa shape index (κ2) is 10.5. The lowest BCUT2D eigenvalue weighted by Gasteiger charge is -2.42. The summed E-state index contributed by atoms with van der Waals surface area (Å²) in [6, 6.07) is 8.93. The van der Waals surface area contributed by atoms with Crippen LogP contribution in [-0.4, -0.2) is 61.6 Å². The van der Waals surface area contributed by atoms with E-state index in [1.165, 1.54) is 0 Å². The molecule has 6 atom stereocenters. The zero-order valence-corrected chi connectivity index (χ0v) is 21.5. The highest BCUT2D eigenvalue weighted by atomic mass is 28.3. The van der Waals surface area contributed by atoms with Crippen LogP contribution in [0.4, 0.5) is 0 Å². The molecule has 0 bridgehead atoms. The summed E-state index contributed by atoms with van der Waals surface area (Å²) in [6.45, 7) is 10.5. The average Bonchev–Trinajstić information content (AvgIpc) is 3.17. The largest absolute Gasteiger partial charge is 0.453 e. The van der Waals surface area contributed by atoms with Crippen LogP contribution in [-0.2, 0) is 18.9 Å². The van der Waals surface area contributed by atoms with Crippen LogP contribution in [0.3, 0.4) is 0 Å². The number of ether oxygens (including phenoxy) is 4. The van der Waals surface area contributed by atoms with E-state index in [1.807, 2.05) is 12.1 Å². The molecule has 6 nitrogen and oxygen atoms in total. The van der Waals surface area contributed by atoms with Gasteiger partial charge in [0.1, 0.15) is 30.5 Å². The molecular weight excluding hydrogens is 448 g/mol. The van der Waals surface area contributed by atoms with Crippen molar-refractivity contribution in [2.24, 2.45) is 0 Å². The third kappa shape index (κ3) is 5.71. The first-order valence-electron chi connectivity index (χ1n) is 12.5. The molecular formula is C27H38O6Si. The highest BCUT2D eigenvalue weighted by Gasteiger charge is 2.60. The number of rotatable bonds is 7. The molecule has 2 saturated heterocycles. The van der Waals surface area contributed by atoms with Gasteiger partial charge in [0, 0.05) is 12.8 Å². The van der Waals surface area contributed by atoms with Crippen molar-refractivity contribution in [3.63, 3.8) is 0 Å². The number of benzene rings is 1. The molecule has 34 heavy (non-hydrogen) atoms. The normalized spacial score (nSPS) is 31.8. The molecule has 2 aliphatic heterocycles. The first-order valence-corrected chi connectivity index (χ1v) is 16.0. The van der Waals surface area contributed by atoms with Gasteiger partial charge in [0.15, 0.2) is 11.9 Å². The maximum absolute atomic E-state index is 13.0. The van der Waals surface area contributed by atoms with Crippen LogP contribution in [0.1, 0.15) is 48.9 Å². The third-order valence-corrected chi connectivity index (χ3v) is 7.96. The van der Waals surface area contributed by atoms with Gasteiger partial charge in [0.05, 0.1) is 13.6 Å². The number of aliphatic hydroxyl groups excluding tert-OH is 1. The molecule has 7 heteroatoms. The monoisotopic (exact) mass is 486 g/mol. The van der Waals surface area contributed by atoms with E-state index in [0.29, 0.717) is 12.0 Å². The van der Waals surface area contributed by atoms with Crippen molar-refractivity contribution in [3.05, 3.63) is 60.3 Å². The van der Waals surface area contributed by atoms with Gasteiger partial charge in [-0.05, 0) is 31.4 Å². The maximum Gasteiger partial charge on any atom is 0.338 e.